The molecule has 1 aromatic carbocycles. The maximum atomic E-state index is 13.3. The van der Waals surface area contributed by atoms with Crippen LogP contribution in [-0.4, -0.2) is 98.2 Å². The summed E-state index contributed by atoms with van der Waals surface area (Å²) in [4.78, 5) is 25.1. The van der Waals surface area contributed by atoms with Gasteiger partial charge in [-0.2, -0.15) is 0 Å². The second-order valence-corrected chi connectivity index (χ2v) is 19.8. The van der Waals surface area contributed by atoms with Gasteiger partial charge in [0.25, 0.3) is 0 Å². The summed E-state index contributed by atoms with van der Waals surface area (Å²) in [6, 6.07) is 8.97. The number of allylic oxidation sites excluding steroid dienone is 2. The van der Waals surface area contributed by atoms with E-state index in [1.54, 1.807) is 12.1 Å². The average Bonchev–Trinajstić information content (AvgIpc) is 3.10. The third kappa shape index (κ3) is 5.69. The van der Waals surface area contributed by atoms with Gasteiger partial charge >= 0.3 is 11.9 Å². The van der Waals surface area contributed by atoms with E-state index < -0.39 is 71.2 Å². The van der Waals surface area contributed by atoms with E-state index in [1.165, 1.54) is 5.57 Å². The third-order valence-corrected chi connectivity index (χ3v) is 16.6. The van der Waals surface area contributed by atoms with E-state index in [1.807, 2.05) is 18.2 Å². The SMILES string of the molecule is CC1(C)CC2C3=CCC4[C@@]5(C)CC[C@H](O[C@@H]6O[C@H](C(=O)O)[C@@H](O)[C@H](O)[C@H]6O)C(C)(C)C5CC[C@@]4(C)C3(C)C[C@H](O)[C@@]2(CO)C[C@@H]1OC(=O)c1ccccc1. The number of aliphatic hydroxyl groups is 5. The van der Waals surface area contributed by atoms with Gasteiger partial charge in [-0.25, -0.2) is 9.59 Å². The first-order valence-corrected chi connectivity index (χ1v) is 20.0. The predicted molar refractivity (Wildman–Crippen MR) is 198 cm³/mol. The molecule has 1 aromatic rings. The van der Waals surface area contributed by atoms with Crippen LogP contribution in [0.1, 0.15) is 110 Å². The molecular formula is C43H62O11. The second kappa shape index (κ2) is 13.4. The Bertz CT molecular complexity index is 1640. The lowest BCUT2D eigenvalue weighted by atomic mass is 9.33. The van der Waals surface area contributed by atoms with Crippen molar-refractivity contribution in [1.29, 1.82) is 0 Å². The first-order valence-electron chi connectivity index (χ1n) is 20.0. The van der Waals surface area contributed by atoms with Crippen molar-refractivity contribution in [2.45, 2.75) is 149 Å². The maximum absolute atomic E-state index is 13.3. The highest BCUT2D eigenvalue weighted by Gasteiger charge is 2.71. The summed E-state index contributed by atoms with van der Waals surface area (Å²) in [7, 11) is 0. The molecule has 5 fully saturated rings. The molecule has 7 rings (SSSR count). The van der Waals surface area contributed by atoms with Crippen LogP contribution in [0.3, 0.4) is 0 Å². The maximum Gasteiger partial charge on any atom is 0.338 e. The Balaban J connectivity index is 1.16. The number of carboxylic acids is 1. The Hall–Kier alpha value is -2.38. The summed E-state index contributed by atoms with van der Waals surface area (Å²) in [5.74, 6) is -1.40. The van der Waals surface area contributed by atoms with Crippen LogP contribution in [0.15, 0.2) is 42.0 Å². The number of carboxylic acid groups (broad SMARTS) is 1. The van der Waals surface area contributed by atoms with Gasteiger partial charge in [0, 0.05) is 10.8 Å². The van der Waals surface area contributed by atoms with Crippen molar-refractivity contribution in [2.75, 3.05) is 6.61 Å². The van der Waals surface area contributed by atoms with Crippen LogP contribution in [-0.2, 0) is 19.0 Å². The van der Waals surface area contributed by atoms with E-state index in [9.17, 15) is 40.2 Å². The summed E-state index contributed by atoms with van der Waals surface area (Å²) in [6.45, 7) is 15.6. The Morgan fingerprint density at radius 1 is 0.833 bits per heavy atom. The van der Waals surface area contributed by atoms with Gasteiger partial charge in [-0.05, 0) is 103 Å². The summed E-state index contributed by atoms with van der Waals surface area (Å²) in [6.07, 6.45) is -1.72. The quantitative estimate of drug-likeness (QED) is 0.133. The number of aliphatic carboxylic acids is 1. The van der Waals surface area contributed by atoms with Crippen molar-refractivity contribution in [3.05, 3.63) is 47.5 Å². The summed E-state index contributed by atoms with van der Waals surface area (Å²) < 4.78 is 18.1. The number of hydrogen-bond donors (Lipinski definition) is 6. The van der Waals surface area contributed by atoms with E-state index >= 15 is 0 Å². The molecule has 6 aliphatic rings. The molecule has 0 amide bonds. The molecule has 0 spiro atoms. The van der Waals surface area contributed by atoms with Crippen LogP contribution in [0.25, 0.3) is 0 Å². The standard InChI is InChI=1S/C43H62O11/c1-38(2)19-25-24-13-14-27-40(5)17-16-29(53-37-33(48)31(46)32(47)34(54-37)35(49)50)39(3,4)26(40)15-18-41(27,6)42(24,7)20-28(45)43(25,22-44)21-30(38)52-36(51)23-11-9-8-10-12-23/h8-13,25-34,37,44-48H,14-22H2,1-7H3,(H,49,50)/t25?,26?,27?,28-,29-,30-,31-,32-,33+,34-,37+,40-,41+,42?,43+/m0/s1. The minimum absolute atomic E-state index is 0.0766. The normalized spacial score (nSPS) is 47.9. The number of carbonyl (C=O) groups is 2. The summed E-state index contributed by atoms with van der Waals surface area (Å²) >= 11 is 0. The Labute approximate surface area is 319 Å². The number of ether oxygens (including phenoxy) is 3. The average molecular weight is 755 g/mol. The van der Waals surface area contributed by atoms with Gasteiger partial charge in [0.1, 0.15) is 24.4 Å². The molecule has 5 aliphatic carbocycles. The lowest BCUT2D eigenvalue weighted by Gasteiger charge is -2.72. The molecule has 300 valence electrons. The molecule has 4 unspecified atom stereocenters. The molecule has 15 atom stereocenters. The monoisotopic (exact) mass is 754 g/mol. The highest BCUT2D eigenvalue weighted by Crippen LogP contribution is 2.76. The third-order valence-electron chi connectivity index (χ3n) is 16.6. The molecule has 11 heteroatoms. The molecule has 1 aliphatic heterocycles. The van der Waals surface area contributed by atoms with E-state index in [0.717, 1.165) is 25.7 Å². The Kier molecular flexibility index (Phi) is 9.85. The smallest absolute Gasteiger partial charge is 0.338 e. The molecule has 0 bridgehead atoms. The molecule has 11 nitrogen and oxygen atoms in total. The van der Waals surface area contributed by atoms with Gasteiger partial charge in [0.2, 0.25) is 0 Å². The predicted octanol–water partition coefficient (Wildman–Crippen LogP) is 4.86. The van der Waals surface area contributed by atoms with Gasteiger partial charge in [0.05, 0.1) is 24.4 Å². The van der Waals surface area contributed by atoms with Crippen LogP contribution in [0.4, 0.5) is 0 Å². The summed E-state index contributed by atoms with van der Waals surface area (Å²) in [5.41, 5.74) is -0.423. The number of fused-ring (bicyclic) bond motifs is 7. The topological polar surface area (TPSA) is 183 Å². The van der Waals surface area contributed by atoms with Gasteiger partial charge in [-0.3, -0.25) is 0 Å². The fraction of sp³-hybridized carbons (Fsp3) is 0.767. The second-order valence-electron chi connectivity index (χ2n) is 19.8. The Morgan fingerprint density at radius 2 is 1.52 bits per heavy atom. The van der Waals surface area contributed by atoms with Crippen molar-refractivity contribution in [2.24, 2.45) is 50.2 Å². The fourth-order valence-electron chi connectivity index (χ4n) is 13.2. The lowest BCUT2D eigenvalue weighted by Crippen LogP contribution is -2.68. The molecular weight excluding hydrogens is 692 g/mol. The van der Waals surface area contributed by atoms with E-state index in [-0.39, 0.29) is 46.6 Å². The number of esters is 1. The molecule has 1 saturated heterocycles. The fourth-order valence-corrected chi connectivity index (χ4v) is 13.2. The zero-order chi connectivity index (χ0) is 39.4. The molecule has 54 heavy (non-hydrogen) atoms. The minimum atomic E-state index is -1.78. The van der Waals surface area contributed by atoms with Crippen LogP contribution >= 0.6 is 0 Å². The van der Waals surface area contributed by atoms with Crippen LogP contribution in [0, 0.1) is 50.2 Å². The largest absolute Gasteiger partial charge is 0.479 e. The van der Waals surface area contributed by atoms with E-state index in [2.05, 4.69) is 54.5 Å². The number of benzene rings is 1. The molecule has 1 heterocycles. The van der Waals surface area contributed by atoms with Gasteiger partial charge in [-0.15, -0.1) is 0 Å². The Morgan fingerprint density at radius 3 is 2.17 bits per heavy atom. The van der Waals surface area contributed by atoms with Crippen LogP contribution in [0.2, 0.25) is 0 Å². The van der Waals surface area contributed by atoms with Crippen LogP contribution in [0.5, 0.6) is 0 Å². The van der Waals surface area contributed by atoms with Gasteiger partial charge < -0.3 is 44.8 Å². The number of aliphatic hydroxyl groups excluding tert-OH is 5. The van der Waals surface area contributed by atoms with Crippen molar-refractivity contribution < 1.29 is 54.4 Å². The van der Waals surface area contributed by atoms with Gasteiger partial charge in [-0.1, -0.05) is 78.3 Å². The molecule has 4 saturated carbocycles. The molecule has 6 N–H and O–H groups in total. The number of hydrogen-bond acceptors (Lipinski definition) is 10. The first kappa shape index (κ1) is 39.8. The first-order chi connectivity index (χ1) is 25.2. The number of rotatable bonds is 6. The zero-order valence-corrected chi connectivity index (χ0v) is 32.9. The molecule has 0 aromatic heterocycles. The zero-order valence-electron chi connectivity index (χ0n) is 32.9. The van der Waals surface area contributed by atoms with Crippen molar-refractivity contribution in [3.8, 4) is 0 Å². The highest BCUT2D eigenvalue weighted by atomic mass is 16.7. The lowest BCUT2D eigenvalue weighted by molar-refractivity contribution is -0.324. The van der Waals surface area contributed by atoms with E-state index in [0.29, 0.717) is 31.2 Å². The van der Waals surface area contributed by atoms with Gasteiger partial charge in [0.15, 0.2) is 12.4 Å². The van der Waals surface area contributed by atoms with Crippen molar-refractivity contribution in [1.82, 2.24) is 0 Å². The van der Waals surface area contributed by atoms with Crippen molar-refractivity contribution in [3.63, 3.8) is 0 Å². The number of carbonyl (C=O) groups excluding carboxylic acids is 1. The minimum Gasteiger partial charge on any atom is -0.479 e. The van der Waals surface area contributed by atoms with E-state index in [4.69, 9.17) is 14.2 Å². The van der Waals surface area contributed by atoms with Crippen LogP contribution < -0.4 is 0 Å². The molecule has 0 radical (unpaired) electrons. The summed E-state index contributed by atoms with van der Waals surface area (Å²) in [5, 5.41) is 64.6. The highest BCUT2D eigenvalue weighted by molar-refractivity contribution is 5.89. The van der Waals surface area contributed by atoms with Crippen molar-refractivity contribution >= 4 is 11.9 Å².